The van der Waals surface area contributed by atoms with Gasteiger partial charge in [0.15, 0.2) is 0 Å². The van der Waals surface area contributed by atoms with Crippen molar-refractivity contribution in [3.8, 4) is 11.5 Å². The van der Waals surface area contributed by atoms with Gasteiger partial charge in [-0.3, -0.25) is 4.79 Å². The molecule has 4 aromatic carbocycles. The molecule has 8 nitrogen and oxygen atoms in total. The molecule has 0 N–H and O–H groups in total. The number of cyclic esters (lactones) is 1. The normalized spacial score (nSPS) is 17.5. The molecule has 0 saturated carbocycles. The summed E-state index contributed by atoms with van der Waals surface area (Å²) >= 11 is 0. The smallest absolute Gasteiger partial charge is 0.321 e. The van der Waals surface area contributed by atoms with Crippen LogP contribution in [-0.4, -0.2) is 39.2 Å². The van der Waals surface area contributed by atoms with E-state index in [-0.39, 0.29) is 16.2 Å². The van der Waals surface area contributed by atoms with Crippen molar-refractivity contribution >= 4 is 26.0 Å². The van der Waals surface area contributed by atoms with Gasteiger partial charge in [-0.15, -0.1) is 0 Å². The van der Waals surface area contributed by atoms with E-state index in [0.717, 1.165) is 11.1 Å². The first kappa shape index (κ1) is 27.2. The quantitative estimate of drug-likeness (QED) is 0.288. The number of rotatable bonds is 6. The molecule has 1 fully saturated rings. The van der Waals surface area contributed by atoms with Crippen LogP contribution in [0.4, 0.5) is 0 Å². The maximum atomic E-state index is 14.0. The van der Waals surface area contributed by atoms with Gasteiger partial charge >= 0.3 is 5.97 Å². The molecule has 0 aliphatic carbocycles. The molecule has 10 heteroatoms. The number of hydrogen-bond donors (Lipinski definition) is 0. The van der Waals surface area contributed by atoms with Crippen LogP contribution in [0.25, 0.3) is 0 Å². The third kappa shape index (κ3) is 4.43. The molecule has 41 heavy (non-hydrogen) atoms. The number of benzene rings is 4. The predicted molar refractivity (Wildman–Crippen MR) is 152 cm³/mol. The topological polar surface area (TPSA) is 107 Å². The van der Waals surface area contributed by atoms with E-state index in [1.54, 1.807) is 86.6 Å². The largest absolute Gasteiger partial charge is 0.460 e. The van der Waals surface area contributed by atoms with Gasteiger partial charge in [-0.2, -0.15) is 0 Å². The maximum absolute atomic E-state index is 14.0. The number of ether oxygens (including phenoxy) is 2. The molecule has 2 aliphatic heterocycles. The summed E-state index contributed by atoms with van der Waals surface area (Å²) in [4.78, 5) is 13.4. The lowest BCUT2D eigenvalue weighted by Gasteiger charge is -2.34. The first-order chi connectivity index (χ1) is 19.5. The first-order valence-electron chi connectivity index (χ1n) is 13.0. The Morgan fingerprint density at radius 2 is 1.15 bits per heavy atom. The molecule has 1 saturated heterocycles. The van der Waals surface area contributed by atoms with E-state index in [1.165, 1.54) is 24.3 Å². The van der Waals surface area contributed by atoms with Crippen molar-refractivity contribution in [1.29, 1.82) is 0 Å². The molecule has 2 aliphatic rings. The third-order valence-electron chi connectivity index (χ3n) is 7.60. The standard InChI is InChI=1S/C31H27NO7S2/c1-21-11-15-24(16-12-21)40(34,35)32(41(36,37)25-17-13-22(2)14-18-25)20-23-19-31(30(33)38-23)26-7-3-5-9-28(26)39-29-10-6-4-8-27(29)31/h3-18,23H,19-20H2,1-2H3/t23-/m0/s1. The van der Waals surface area contributed by atoms with E-state index < -0.39 is 44.1 Å². The SMILES string of the molecule is Cc1ccc(S(=O)(=O)N(C[C@@H]2CC3(C(=O)O2)c2ccccc2Oc2ccccc23)S(=O)(=O)c2ccc(C)cc2)cc1. The van der Waals surface area contributed by atoms with Crippen LogP contribution >= 0.6 is 0 Å². The molecule has 1 spiro atoms. The van der Waals surface area contributed by atoms with Crippen molar-refractivity contribution in [2.45, 2.75) is 41.6 Å². The molecule has 210 valence electrons. The average Bonchev–Trinajstić information content (AvgIpc) is 3.28. The van der Waals surface area contributed by atoms with E-state index in [9.17, 15) is 21.6 Å². The Hall–Kier alpha value is -3.99. The Morgan fingerprint density at radius 3 is 1.61 bits per heavy atom. The van der Waals surface area contributed by atoms with Crippen LogP contribution in [0.1, 0.15) is 28.7 Å². The molecule has 4 aromatic rings. The minimum atomic E-state index is -4.57. The highest BCUT2D eigenvalue weighted by molar-refractivity contribution is 8.04. The predicted octanol–water partition coefficient (Wildman–Crippen LogP) is 5.09. The summed E-state index contributed by atoms with van der Waals surface area (Å²) < 4.78 is 68.2. The number of aryl methyl sites for hydroxylation is 2. The Bertz CT molecular complexity index is 1750. The maximum Gasteiger partial charge on any atom is 0.321 e. The first-order valence-corrected chi connectivity index (χ1v) is 15.9. The summed E-state index contributed by atoms with van der Waals surface area (Å²) in [5.74, 6) is 0.381. The van der Waals surface area contributed by atoms with E-state index in [4.69, 9.17) is 9.47 Å². The molecule has 2 heterocycles. The number of nitrogens with zero attached hydrogens (tertiary/aromatic N) is 1. The highest BCUT2D eigenvalue weighted by atomic mass is 32.3. The summed E-state index contributed by atoms with van der Waals surface area (Å²) in [6.07, 6.45) is -1.05. The zero-order valence-electron chi connectivity index (χ0n) is 22.4. The van der Waals surface area contributed by atoms with Gasteiger partial charge in [0.25, 0.3) is 20.0 Å². The van der Waals surface area contributed by atoms with Crippen LogP contribution in [0.5, 0.6) is 11.5 Å². The Morgan fingerprint density at radius 1 is 0.707 bits per heavy atom. The minimum Gasteiger partial charge on any atom is -0.460 e. The number of carbonyl (C=O) groups excluding carboxylic acids is 1. The highest BCUT2D eigenvalue weighted by Crippen LogP contribution is 2.54. The van der Waals surface area contributed by atoms with E-state index >= 15 is 0 Å². The Labute approximate surface area is 239 Å². The van der Waals surface area contributed by atoms with Gasteiger partial charge in [0.2, 0.25) is 0 Å². The molecule has 0 radical (unpaired) electrons. The number of para-hydroxylation sites is 2. The van der Waals surface area contributed by atoms with Crippen LogP contribution in [0.15, 0.2) is 107 Å². The Balaban J connectivity index is 1.45. The molecule has 0 aromatic heterocycles. The number of sulfonamides is 2. The van der Waals surface area contributed by atoms with E-state index in [0.29, 0.717) is 26.3 Å². The molecule has 0 unspecified atom stereocenters. The van der Waals surface area contributed by atoms with Crippen molar-refractivity contribution in [3.05, 3.63) is 119 Å². The van der Waals surface area contributed by atoms with Crippen LogP contribution < -0.4 is 4.74 Å². The summed E-state index contributed by atoms with van der Waals surface area (Å²) in [7, 11) is -9.15. The van der Waals surface area contributed by atoms with Crippen molar-refractivity contribution < 1.29 is 31.1 Å². The highest BCUT2D eigenvalue weighted by Gasteiger charge is 2.57. The van der Waals surface area contributed by atoms with Gasteiger partial charge in [0.1, 0.15) is 23.0 Å². The molecule has 1 atom stereocenters. The molecular weight excluding hydrogens is 562 g/mol. The van der Waals surface area contributed by atoms with Crippen molar-refractivity contribution in [3.63, 3.8) is 0 Å². The van der Waals surface area contributed by atoms with E-state index in [1.807, 2.05) is 0 Å². The van der Waals surface area contributed by atoms with Crippen LogP contribution in [-0.2, 0) is 35.0 Å². The van der Waals surface area contributed by atoms with Gasteiger partial charge in [-0.1, -0.05) is 75.5 Å². The second kappa shape index (κ2) is 9.83. The van der Waals surface area contributed by atoms with Gasteiger partial charge < -0.3 is 9.47 Å². The minimum absolute atomic E-state index is 0.0204. The van der Waals surface area contributed by atoms with Gasteiger partial charge in [-0.25, -0.2) is 16.8 Å². The average molecular weight is 590 g/mol. The van der Waals surface area contributed by atoms with Crippen LogP contribution in [0.3, 0.4) is 0 Å². The zero-order chi connectivity index (χ0) is 29.0. The summed E-state index contributed by atoms with van der Waals surface area (Å²) in [6, 6.07) is 26.1. The summed E-state index contributed by atoms with van der Waals surface area (Å²) in [5.41, 5.74) is 1.52. The van der Waals surface area contributed by atoms with Crippen molar-refractivity contribution in [1.82, 2.24) is 3.71 Å². The van der Waals surface area contributed by atoms with Gasteiger partial charge in [0, 0.05) is 17.5 Å². The van der Waals surface area contributed by atoms with Crippen LogP contribution in [0.2, 0.25) is 0 Å². The number of hydrogen-bond acceptors (Lipinski definition) is 7. The lowest BCUT2D eigenvalue weighted by molar-refractivity contribution is -0.144. The second-order valence-corrected chi connectivity index (χ2v) is 14.3. The Kier molecular flexibility index (Phi) is 6.52. The number of carbonyl (C=O) groups is 1. The van der Waals surface area contributed by atoms with E-state index in [2.05, 4.69) is 0 Å². The van der Waals surface area contributed by atoms with Gasteiger partial charge in [-0.05, 0) is 50.2 Å². The molecular formula is C31H27NO7S2. The fraction of sp³-hybridized carbons (Fsp3) is 0.194. The fourth-order valence-electron chi connectivity index (χ4n) is 5.49. The number of esters is 1. The molecule has 6 rings (SSSR count). The number of fused-ring (bicyclic) bond motifs is 4. The van der Waals surface area contributed by atoms with Crippen LogP contribution in [0, 0.1) is 13.8 Å². The van der Waals surface area contributed by atoms with Crippen molar-refractivity contribution in [2.24, 2.45) is 0 Å². The summed E-state index contributed by atoms with van der Waals surface area (Å²) in [5, 5.41) is 0. The second-order valence-electron chi connectivity index (χ2n) is 10.3. The fourth-order valence-corrected chi connectivity index (χ4v) is 9.19. The zero-order valence-corrected chi connectivity index (χ0v) is 24.0. The lowest BCUT2D eigenvalue weighted by atomic mass is 9.70. The summed E-state index contributed by atoms with van der Waals surface area (Å²) in [6.45, 7) is 3.02. The molecule has 0 bridgehead atoms. The third-order valence-corrected chi connectivity index (χ3v) is 11.9. The lowest BCUT2D eigenvalue weighted by Crippen LogP contribution is -2.42. The monoisotopic (exact) mass is 589 g/mol. The molecule has 0 amide bonds. The van der Waals surface area contributed by atoms with Gasteiger partial charge in [0.05, 0.1) is 16.3 Å². The van der Waals surface area contributed by atoms with Crippen molar-refractivity contribution in [2.75, 3.05) is 6.54 Å².